The van der Waals surface area contributed by atoms with E-state index in [0.29, 0.717) is 0 Å². The summed E-state index contributed by atoms with van der Waals surface area (Å²) in [6.07, 6.45) is 0. The standard InChI is InChI=1S/C38H34N2/c1-27-9-17-33(18-10-27)39(34-19-11-28(2)12-20-34)37-25-31-7-5-6-8-32(31)26-38(37)40(35-21-13-29(3)14-22-35)36-23-15-30(4)16-24-36/h5-26H,1-4H3. The van der Waals surface area contributed by atoms with Crippen molar-refractivity contribution in [1.29, 1.82) is 0 Å². The molecule has 0 fully saturated rings. The summed E-state index contributed by atoms with van der Waals surface area (Å²) in [5, 5.41) is 2.41. The molecule has 0 heterocycles. The number of anilines is 6. The molecule has 6 aromatic rings. The molecule has 2 nitrogen and oxygen atoms in total. The first kappa shape index (κ1) is 25.5. The lowest BCUT2D eigenvalue weighted by molar-refractivity contribution is 1.22. The average molecular weight is 519 g/mol. The molecule has 6 aromatic carbocycles. The molecule has 6 rings (SSSR count). The summed E-state index contributed by atoms with van der Waals surface area (Å²) in [5.41, 5.74) is 11.7. The number of aryl methyl sites for hydroxylation is 4. The Morgan fingerprint density at radius 1 is 0.325 bits per heavy atom. The van der Waals surface area contributed by atoms with Crippen molar-refractivity contribution in [3.05, 3.63) is 156 Å². The third kappa shape index (κ3) is 5.09. The van der Waals surface area contributed by atoms with Gasteiger partial charge in [-0.15, -0.1) is 0 Å². The van der Waals surface area contributed by atoms with E-state index in [1.54, 1.807) is 0 Å². The summed E-state index contributed by atoms with van der Waals surface area (Å²) in [6.45, 7) is 8.55. The molecule has 0 aromatic heterocycles. The van der Waals surface area contributed by atoms with Crippen LogP contribution in [-0.4, -0.2) is 0 Å². The number of rotatable bonds is 6. The van der Waals surface area contributed by atoms with Crippen LogP contribution < -0.4 is 9.80 Å². The zero-order valence-corrected chi connectivity index (χ0v) is 23.6. The van der Waals surface area contributed by atoms with Gasteiger partial charge in [0.25, 0.3) is 0 Å². The lowest BCUT2D eigenvalue weighted by Crippen LogP contribution is -2.17. The van der Waals surface area contributed by atoms with E-state index in [1.807, 2.05) is 0 Å². The van der Waals surface area contributed by atoms with Crippen LogP contribution in [0.1, 0.15) is 22.3 Å². The molecule has 0 radical (unpaired) electrons. The molecular formula is C38H34N2. The normalized spacial score (nSPS) is 11.0. The van der Waals surface area contributed by atoms with Crippen molar-refractivity contribution < 1.29 is 0 Å². The smallest absolute Gasteiger partial charge is 0.0708 e. The van der Waals surface area contributed by atoms with E-state index in [-0.39, 0.29) is 0 Å². The van der Waals surface area contributed by atoms with Crippen molar-refractivity contribution in [2.24, 2.45) is 0 Å². The summed E-state index contributed by atoms with van der Waals surface area (Å²) in [7, 11) is 0. The first-order chi connectivity index (χ1) is 19.5. The highest BCUT2D eigenvalue weighted by molar-refractivity contribution is 6.00. The Morgan fingerprint density at radius 3 is 0.825 bits per heavy atom. The van der Waals surface area contributed by atoms with E-state index in [2.05, 4.69) is 171 Å². The molecule has 0 spiro atoms. The van der Waals surface area contributed by atoms with Crippen molar-refractivity contribution in [1.82, 2.24) is 0 Å². The van der Waals surface area contributed by atoms with Gasteiger partial charge in [-0.05, 0) is 99.1 Å². The molecule has 0 bridgehead atoms. The number of hydrogen-bond acceptors (Lipinski definition) is 2. The molecule has 0 aliphatic carbocycles. The van der Waals surface area contributed by atoms with Gasteiger partial charge >= 0.3 is 0 Å². The van der Waals surface area contributed by atoms with Crippen LogP contribution in [0.15, 0.2) is 133 Å². The maximum absolute atomic E-state index is 2.38. The van der Waals surface area contributed by atoms with Gasteiger partial charge in [-0.2, -0.15) is 0 Å². The van der Waals surface area contributed by atoms with Gasteiger partial charge in [-0.1, -0.05) is 95.1 Å². The summed E-state index contributed by atoms with van der Waals surface area (Å²) in [4.78, 5) is 4.77. The number of nitrogens with zero attached hydrogens (tertiary/aromatic N) is 2. The topological polar surface area (TPSA) is 6.48 Å². The molecule has 2 heteroatoms. The third-order valence-corrected chi connectivity index (χ3v) is 7.49. The van der Waals surface area contributed by atoms with Gasteiger partial charge in [-0.25, -0.2) is 0 Å². The van der Waals surface area contributed by atoms with Gasteiger partial charge in [0.2, 0.25) is 0 Å². The van der Waals surface area contributed by atoms with Gasteiger partial charge in [-0.3, -0.25) is 0 Å². The van der Waals surface area contributed by atoms with E-state index in [9.17, 15) is 0 Å². The van der Waals surface area contributed by atoms with Crippen LogP contribution in [0, 0.1) is 27.7 Å². The number of benzene rings is 6. The Hall–Kier alpha value is -4.82. The Balaban J connectivity index is 1.68. The maximum Gasteiger partial charge on any atom is 0.0708 e. The van der Waals surface area contributed by atoms with E-state index in [0.717, 1.165) is 34.1 Å². The van der Waals surface area contributed by atoms with Crippen LogP contribution >= 0.6 is 0 Å². The molecular weight excluding hydrogens is 484 g/mol. The Bertz CT molecular complexity index is 1520. The van der Waals surface area contributed by atoms with Crippen LogP contribution in [0.25, 0.3) is 10.8 Å². The minimum absolute atomic E-state index is 1.12. The number of fused-ring (bicyclic) bond motifs is 1. The van der Waals surface area contributed by atoms with Gasteiger partial charge in [0, 0.05) is 22.7 Å². The van der Waals surface area contributed by atoms with Gasteiger partial charge in [0.15, 0.2) is 0 Å². The van der Waals surface area contributed by atoms with Gasteiger partial charge in [0.1, 0.15) is 0 Å². The summed E-state index contributed by atoms with van der Waals surface area (Å²) in [6, 6.07) is 48.6. The Labute approximate surface area is 237 Å². The molecule has 0 unspecified atom stereocenters. The van der Waals surface area contributed by atoms with Crippen molar-refractivity contribution >= 4 is 44.9 Å². The molecule has 0 atom stereocenters. The lowest BCUT2D eigenvalue weighted by Gasteiger charge is -2.34. The van der Waals surface area contributed by atoms with Crippen LogP contribution in [0.4, 0.5) is 34.1 Å². The molecule has 0 N–H and O–H groups in total. The van der Waals surface area contributed by atoms with Crippen molar-refractivity contribution in [3.63, 3.8) is 0 Å². The first-order valence-electron chi connectivity index (χ1n) is 13.9. The lowest BCUT2D eigenvalue weighted by atomic mass is 10.0. The summed E-state index contributed by atoms with van der Waals surface area (Å²) >= 11 is 0. The van der Waals surface area contributed by atoms with E-state index < -0.39 is 0 Å². The summed E-state index contributed by atoms with van der Waals surface area (Å²) < 4.78 is 0. The molecule has 196 valence electrons. The fourth-order valence-electron chi connectivity index (χ4n) is 5.20. The SMILES string of the molecule is Cc1ccc(N(c2ccc(C)cc2)c2cc3ccccc3cc2N(c2ccc(C)cc2)c2ccc(C)cc2)cc1. The second-order valence-corrected chi connectivity index (χ2v) is 10.7. The summed E-state index contributed by atoms with van der Waals surface area (Å²) in [5.74, 6) is 0. The van der Waals surface area contributed by atoms with Crippen molar-refractivity contribution in [2.75, 3.05) is 9.80 Å². The highest BCUT2D eigenvalue weighted by Crippen LogP contribution is 2.47. The van der Waals surface area contributed by atoms with Crippen molar-refractivity contribution in [2.45, 2.75) is 27.7 Å². The predicted molar refractivity (Wildman–Crippen MR) is 172 cm³/mol. The Morgan fingerprint density at radius 2 is 0.575 bits per heavy atom. The zero-order valence-electron chi connectivity index (χ0n) is 23.6. The van der Waals surface area contributed by atoms with E-state index in [4.69, 9.17) is 0 Å². The zero-order chi connectivity index (χ0) is 27.6. The molecule has 0 amide bonds. The molecule has 0 saturated carbocycles. The quantitative estimate of drug-likeness (QED) is 0.216. The fraction of sp³-hybridized carbons (Fsp3) is 0.105. The maximum atomic E-state index is 2.38. The third-order valence-electron chi connectivity index (χ3n) is 7.49. The second kappa shape index (κ2) is 10.7. The van der Waals surface area contributed by atoms with Gasteiger partial charge in [0.05, 0.1) is 11.4 Å². The highest BCUT2D eigenvalue weighted by Gasteiger charge is 2.23. The molecule has 0 saturated heterocycles. The molecule has 0 aliphatic heterocycles. The molecule has 0 aliphatic rings. The monoisotopic (exact) mass is 518 g/mol. The highest BCUT2D eigenvalue weighted by atomic mass is 15.2. The first-order valence-corrected chi connectivity index (χ1v) is 13.9. The van der Waals surface area contributed by atoms with Crippen LogP contribution in [-0.2, 0) is 0 Å². The van der Waals surface area contributed by atoms with Crippen LogP contribution in [0.5, 0.6) is 0 Å². The fourth-order valence-corrected chi connectivity index (χ4v) is 5.20. The Kier molecular flexibility index (Phi) is 6.84. The van der Waals surface area contributed by atoms with E-state index >= 15 is 0 Å². The number of hydrogen-bond donors (Lipinski definition) is 0. The van der Waals surface area contributed by atoms with Crippen LogP contribution in [0.2, 0.25) is 0 Å². The average Bonchev–Trinajstić information content (AvgIpc) is 2.97. The minimum Gasteiger partial charge on any atom is -0.308 e. The largest absolute Gasteiger partial charge is 0.308 e. The van der Waals surface area contributed by atoms with E-state index in [1.165, 1.54) is 33.0 Å². The predicted octanol–water partition coefficient (Wildman–Crippen LogP) is 11.0. The van der Waals surface area contributed by atoms with Gasteiger partial charge < -0.3 is 9.80 Å². The minimum atomic E-state index is 1.12. The van der Waals surface area contributed by atoms with Crippen molar-refractivity contribution in [3.8, 4) is 0 Å². The molecule has 40 heavy (non-hydrogen) atoms. The van der Waals surface area contributed by atoms with Crippen LogP contribution in [0.3, 0.4) is 0 Å². The second-order valence-electron chi connectivity index (χ2n) is 10.7.